The molecular formula is C31H27N3O4. The van der Waals surface area contributed by atoms with Crippen LogP contribution in [0, 0.1) is 0 Å². The quantitative estimate of drug-likeness (QED) is 0.243. The summed E-state index contributed by atoms with van der Waals surface area (Å²) in [5.41, 5.74) is 3.64. The van der Waals surface area contributed by atoms with E-state index in [2.05, 4.69) is 10.3 Å². The first-order valence-corrected chi connectivity index (χ1v) is 12.1. The van der Waals surface area contributed by atoms with Gasteiger partial charge < -0.3 is 19.9 Å². The molecule has 7 heteroatoms. The van der Waals surface area contributed by atoms with Crippen LogP contribution in [0.1, 0.15) is 11.1 Å². The van der Waals surface area contributed by atoms with Gasteiger partial charge in [0, 0.05) is 28.4 Å². The standard InChI is InChI=1S/C31H27N3O4/c1-37-25-15-7-21(8-16-25)20-34-30(35)28-6-4-3-5-27(28)29(31(34)36)19-32-22-9-11-23(12-10-22)33-24-13-17-26(38-2)18-14-24/h3-19,33,36H,20H2,1-2H3. The van der Waals surface area contributed by atoms with Crippen LogP contribution in [-0.4, -0.2) is 30.1 Å². The van der Waals surface area contributed by atoms with E-state index in [1.54, 1.807) is 26.5 Å². The van der Waals surface area contributed by atoms with Gasteiger partial charge in [-0.25, -0.2) is 0 Å². The number of anilines is 2. The lowest BCUT2D eigenvalue weighted by molar-refractivity contribution is 0.412. The van der Waals surface area contributed by atoms with Crippen LogP contribution in [0.4, 0.5) is 17.1 Å². The minimum atomic E-state index is -0.264. The Hall–Kier alpha value is -5.04. The third-order valence-corrected chi connectivity index (χ3v) is 6.28. The van der Waals surface area contributed by atoms with Gasteiger partial charge in [0.2, 0.25) is 5.88 Å². The number of aromatic nitrogens is 1. The Morgan fingerprint density at radius 3 is 1.95 bits per heavy atom. The number of fused-ring (bicyclic) bond motifs is 1. The van der Waals surface area contributed by atoms with Gasteiger partial charge in [-0.3, -0.25) is 14.4 Å². The highest BCUT2D eigenvalue weighted by Gasteiger charge is 2.15. The number of pyridine rings is 1. The lowest BCUT2D eigenvalue weighted by Gasteiger charge is -2.14. The molecule has 190 valence electrons. The lowest BCUT2D eigenvalue weighted by Crippen LogP contribution is -2.22. The predicted octanol–water partition coefficient (Wildman–Crippen LogP) is 6.27. The molecular weight excluding hydrogens is 478 g/mol. The Bertz CT molecular complexity index is 1640. The zero-order valence-corrected chi connectivity index (χ0v) is 21.1. The van der Waals surface area contributed by atoms with E-state index >= 15 is 0 Å². The van der Waals surface area contributed by atoms with Crippen LogP contribution in [-0.2, 0) is 6.54 Å². The van der Waals surface area contributed by atoms with E-state index in [9.17, 15) is 9.90 Å². The van der Waals surface area contributed by atoms with Crippen LogP contribution >= 0.6 is 0 Å². The molecule has 0 atom stereocenters. The first-order valence-electron chi connectivity index (χ1n) is 12.1. The van der Waals surface area contributed by atoms with Crippen LogP contribution in [0.5, 0.6) is 17.4 Å². The van der Waals surface area contributed by atoms with Gasteiger partial charge in [-0.2, -0.15) is 0 Å². The van der Waals surface area contributed by atoms with E-state index < -0.39 is 0 Å². The molecule has 0 aliphatic heterocycles. The second-order valence-electron chi connectivity index (χ2n) is 8.68. The Kier molecular flexibility index (Phi) is 7.08. The topological polar surface area (TPSA) is 85.1 Å². The molecule has 0 saturated carbocycles. The lowest BCUT2D eigenvalue weighted by atomic mass is 10.1. The Morgan fingerprint density at radius 2 is 1.34 bits per heavy atom. The van der Waals surface area contributed by atoms with Gasteiger partial charge in [0.25, 0.3) is 5.56 Å². The fourth-order valence-corrected chi connectivity index (χ4v) is 4.21. The van der Waals surface area contributed by atoms with Crippen LogP contribution in [0.2, 0.25) is 0 Å². The summed E-state index contributed by atoms with van der Waals surface area (Å²) in [5, 5.41) is 15.7. The van der Waals surface area contributed by atoms with Crippen molar-refractivity contribution in [2.75, 3.05) is 19.5 Å². The van der Waals surface area contributed by atoms with Crippen LogP contribution in [0.3, 0.4) is 0 Å². The molecule has 0 spiro atoms. The fourth-order valence-electron chi connectivity index (χ4n) is 4.21. The smallest absolute Gasteiger partial charge is 0.261 e. The van der Waals surface area contributed by atoms with E-state index in [4.69, 9.17) is 9.47 Å². The van der Waals surface area contributed by atoms with E-state index in [1.165, 1.54) is 4.57 Å². The van der Waals surface area contributed by atoms with Crippen molar-refractivity contribution in [3.8, 4) is 17.4 Å². The minimum Gasteiger partial charge on any atom is -0.497 e. The average molecular weight is 506 g/mol. The number of methoxy groups -OCH3 is 2. The van der Waals surface area contributed by atoms with Crippen molar-refractivity contribution in [1.29, 1.82) is 0 Å². The predicted molar refractivity (Wildman–Crippen MR) is 152 cm³/mol. The van der Waals surface area contributed by atoms with Gasteiger partial charge in [0.1, 0.15) is 11.5 Å². The van der Waals surface area contributed by atoms with E-state index in [1.807, 2.05) is 91.0 Å². The Labute approximate surface area is 220 Å². The molecule has 0 fully saturated rings. The zero-order chi connectivity index (χ0) is 26.5. The zero-order valence-electron chi connectivity index (χ0n) is 21.1. The second kappa shape index (κ2) is 10.9. The second-order valence-corrected chi connectivity index (χ2v) is 8.68. The molecule has 0 bridgehead atoms. The molecule has 2 N–H and O–H groups in total. The van der Waals surface area contributed by atoms with Gasteiger partial charge in [0.15, 0.2) is 0 Å². The average Bonchev–Trinajstić information content (AvgIpc) is 2.97. The summed E-state index contributed by atoms with van der Waals surface area (Å²) in [6.07, 6.45) is 1.60. The molecule has 5 aromatic rings. The highest BCUT2D eigenvalue weighted by Crippen LogP contribution is 2.26. The minimum absolute atomic E-state index is 0.133. The molecule has 7 nitrogen and oxygen atoms in total. The highest BCUT2D eigenvalue weighted by atomic mass is 16.5. The number of nitrogens with zero attached hydrogens (tertiary/aromatic N) is 2. The number of ether oxygens (including phenoxy) is 2. The number of nitrogens with one attached hydrogen (secondary N) is 1. The van der Waals surface area contributed by atoms with Gasteiger partial charge in [-0.05, 0) is 72.3 Å². The van der Waals surface area contributed by atoms with E-state index in [0.29, 0.717) is 22.0 Å². The van der Waals surface area contributed by atoms with Gasteiger partial charge in [0.05, 0.1) is 32.0 Å². The Morgan fingerprint density at radius 1 is 0.789 bits per heavy atom. The Balaban J connectivity index is 1.43. The molecule has 5 rings (SSSR count). The maximum Gasteiger partial charge on any atom is 0.261 e. The van der Waals surface area contributed by atoms with Gasteiger partial charge in [-0.15, -0.1) is 0 Å². The molecule has 0 unspecified atom stereocenters. The van der Waals surface area contributed by atoms with Crippen molar-refractivity contribution in [3.63, 3.8) is 0 Å². The van der Waals surface area contributed by atoms with Crippen LogP contribution in [0.25, 0.3) is 10.8 Å². The fraction of sp³-hybridized carbons (Fsp3) is 0.0968. The maximum absolute atomic E-state index is 13.2. The normalized spacial score (nSPS) is 11.1. The highest BCUT2D eigenvalue weighted by molar-refractivity contribution is 6.02. The van der Waals surface area contributed by atoms with Crippen molar-refractivity contribution in [2.45, 2.75) is 6.54 Å². The van der Waals surface area contributed by atoms with Gasteiger partial charge in [-0.1, -0.05) is 30.3 Å². The monoisotopic (exact) mass is 505 g/mol. The number of hydrogen-bond acceptors (Lipinski definition) is 6. The van der Waals surface area contributed by atoms with Crippen molar-refractivity contribution >= 4 is 34.0 Å². The molecule has 1 heterocycles. The molecule has 38 heavy (non-hydrogen) atoms. The van der Waals surface area contributed by atoms with Crippen LogP contribution < -0.4 is 20.3 Å². The molecule has 0 saturated heterocycles. The number of rotatable bonds is 8. The van der Waals surface area contributed by atoms with Crippen molar-refractivity contribution in [3.05, 3.63) is 119 Å². The van der Waals surface area contributed by atoms with Crippen LogP contribution in [0.15, 0.2) is 107 Å². The summed E-state index contributed by atoms with van der Waals surface area (Å²) in [5.74, 6) is 1.39. The van der Waals surface area contributed by atoms with E-state index in [-0.39, 0.29) is 18.0 Å². The third-order valence-electron chi connectivity index (χ3n) is 6.28. The first kappa shape index (κ1) is 24.6. The summed E-state index contributed by atoms with van der Waals surface area (Å²) < 4.78 is 11.8. The molecule has 0 aliphatic carbocycles. The number of benzene rings is 4. The number of aliphatic imine (C=N–C) groups is 1. The van der Waals surface area contributed by atoms with E-state index in [0.717, 1.165) is 28.4 Å². The van der Waals surface area contributed by atoms with Crippen molar-refractivity contribution in [2.24, 2.45) is 4.99 Å². The molecule has 0 amide bonds. The third kappa shape index (κ3) is 5.22. The summed E-state index contributed by atoms with van der Waals surface area (Å²) in [4.78, 5) is 17.8. The first-order chi connectivity index (χ1) is 18.6. The number of hydrogen-bond donors (Lipinski definition) is 2. The summed E-state index contributed by atoms with van der Waals surface area (Å²) >= 11 is 0. The van der Waals surface area contributed by atoms with Gasteiger partial charge >= 0.3 is 0 Å². The molecule has 1 aromatic heterocycles. The largest absolute Gasteiger partial charge is 0.497 e. The van der Waals surface area contributed by atoms with Crippen molar-refractivity contribution in [1.82, 2.24) is 4.57 Å². The molecule has 4 aromatic carbocycles. The summed E-state index contributed by atoms with van der Waals surface area (Å²) in [6.45, 7) is 0.214. The summed E-state index contributed by atoms with van der Waals surface area (Å²) in [6, 6.07) is 29.9. The summed E-state index contributed by atoms with van der Waals surface area (Å²) in [7, 11) is 3.24. The SMILES string of the molecule is COc1ccc(Cn2c(O)c(C=Nc3ccc(Nc4ccc(OC)cc4)cc3)c3ccccc3c2=O)cc1. The number of aromatic hydroxyl groups is 1. The molecule has 0 aliphatic rings. The molecule has 0 radical (unpaired) electrons. The van der Waals surface area contributed by atoms with Crippen molar-refractivity contribution < 1.29 is 14.6 Å². The maximum atomic E-state index is 13.2.